The monoisotopic (exact) mass is 301 g/mol. The van der Waals surface area contributed by atoms with Gasteiger partial charge in [0.05, 0.1) is 10.2 Å². The Morgan fingerprint density at radius 2 is 1.77 bits per heavy atom. The Labute approximate surface area is 133 Å². The first-order valence-electron chi connectivity index (χ1n) is 7.34. The van der Waals surface area contributed by atoms with Gasteiger partial charge >= 0.3 is 0 Å². The highest BCUT2D eigenvalue weighted by Crippen LogP contribution is 2.35. The molecule has 0 spiro atoms. The summed E-state index contributed by atoms with van der Waals surface area (Å²) in [6.45, 7) is 3.86. The third-order valence-electron chi connectivity index (χ3n) is 3.90. The summed E-state index contributed by atoms with van der Waals surface area (Å²) < 4.78 is 1.24. The molecule has 0 saturated carbocycles. The lowest BCUT2D eigenvalue weighted by Crippen LogP contribution is -1.86. The van der Waals surface area contributed by atoms with Gasteiger partial charge < -0.3 is 0 Å². The van der Waals surface area contributed by atoms with Crippen molar-refractivity contribution in [3.63, 3.8) is 0 Å². The Bertz CT molecular complexity index is 981. The van der Waals surface area contributed by atoms with Crippen LogP contribution in [0.15, 0.2) is 73.3 Å². The third kappa shape index (κ3) is 2.13. The van der Waals surface area contributed by atoms with E-state index in [0.717, 1.165) is 16.9 Å². The van der Waals surface area contributed by atoms with E-state index < -0.39 is 0 Å². The number of fused-ring (bicyclic) bond motifs is 3. The van der Waals surface area contributed by atoms with Crippen LogP contribution >= 0.6 is 11.3 Å². The molecule has 0 aliphatic heterocycles. The van der Waals surface area contributed by atoms with Gasteiger partial charge in [-0.05, 0) is 23.4 Å². The topological polar surface area (TPSA) is 12.9 Å². The molecule has 1 heterocycles. The van der Waals surface area contributed by atoms with Gasteiger partial charge in [0.1, 0.15) is 5.01 Å². The van der Waals surface area contributed by atoms with Crippen molar-refractivity contribution in [2.24, 2.45) is 0 Å². The predicted octanol–water partition coefficient (Wildman–Crippen LogP) is 5.85. The van der Waals surface area contributed by atoms with E-state index in [-0.39, 0.29) is 0 Å². The smallest absolute Gasteiger partial charge is 0.124 e. The fraction of sp³-hybridized carbons (Fsp3) is 0.0500. The van der Waals surface area contributed by atoms with Crippen molar-refractivity contribution >= 4 is 32.3 Å². The quantitative estimate of drug-likeness (QED) is 0.433. The molecule has 0 atom stereocenters. The number of aromatic nitrogens is 1. The van der Waals surface area contributed by atoms with Gasteiger partial charge in [-0.3, -0.25) is 0 Å². The van der Waals surface area contributed by atoms with Crippen LogP contribution in [0.1, 0.15) is 5.56 Å². The zero-order valence-corrected chi connectivity index (χ0v) is 12.9. The van der Waals surface area contributed by atoms with E-state index in [4.69, 9.17) is 4.98 Å². The molecule has 3 aromatic carbocycles. The Morgan fingerprint density at radius 3 is 2.68 bits per heavy atom. The van der Waals surface area contributed by atoms with E-state index in [1.807, 2.05) is 6.08 Å². The fourth-order valence-electron chi connectivity index (χ4n) is 2.84. The summed E-state index contributed by atoms with van der Waals surface area (Å²) in [5, 5.41) is 3.55. The van der Waals surface area contributed by atoms with Gasteiger partial charge in [-0.2, -0.15) is 0 Å². The minimum Gasteiger partial charge on any atom is -0.235 e. The van der Waals surface area contributed by atoms with E-state index in [0.29, 0.717) is 0 Å². The van der Waals surface area contributed by atoms with Crippen molar-refractivity contribution in [1.29, 1.82) is 0 Å². The second-order valence-electron chi connectivity index (χ2n) is 5.30. The van der Waals surface area contributed by atoms with Gasteiger partial charge in [0, 0.05) is 10.9 Å². The molecule has 0 aliphatic carbocycles. The summed E-state index contributed by atoms with van der Waals surface area (Å²) in [5.74, 6) is 0. The molecule has 4 aromatic rings. The average Bonchev–Trinajstić information content (AvgIpc) is 3.00. The minimum absolute atomic E-state index is 0.868. The number of allylic oxidation sites excluding steroid dienone is 1. The molecule has 0 bridgehead atoms. The lowest BCUT2D eigenvalue weighted by atomic mass is 10.1. The molecule has 0 amide bonds. The summed E-state index contributed by atoms with van der Waals surface area (Å²) in [7, 11) is 0. The van der Waals surface area contributed by atoms with E-state index in [2.05, 4.69) is 67.2 Å². The van der Waals surface area contributed by atoms with Crippen LogP contribution in [-0.4, -0.2) is 4.98 Å². The highest BCUT2D eigenvalue weighted by atomic mass is 32.1. The van der Waals surface area contributed by atoms with E-state index in [1.165, 1.54) is 26.6 Å². The van der Waals surface area contributed by atoms with Gasteiger partial charge in [0.25, 0.3) is 0 Å². The molecule has 0 N–H and O–H groups in total. The van der Waals surface area contributed by atoms with Crippen LogP contribution in [0.3, 0.4) is 0 Å². The van der Waals surface area contributed by atoms with Crippen LogP contribution in [-0.2, 0) is 6.42 Å². The first-order valence-corrected chi connectivity index (χ1v) is 8.16. The SMILES string of the molecule is C=CCc1ccccc1-c1nc2c(ccc3ccccc32)s1. The third-order valence-corrected chi connectivity index (χ3v) is 4.95. The Morgan fingerprint density at radius 1 is 0.955 bits per heavy atom. The number of rotatable bonds is 3. The molecule has 106 valence electrons. The Kier molecular flexibility index (Phi) is 3.24. The van der Waals surface area contributed by atoms with Crippen LogP contribution in [0, 0.1) is 0 Å². The largest absolute Gasteiger partial charge is 0.235 e. The average molecular weight is 301 g/mol. The first-order chi connectivity index (χ1) is 10.9. The number of thiazole rings is 1. The maximum Gasteiger partial charge on any atom is 0.124 e. The summed E-state index contributed by atoms with van der Waals surface area (Å²) in [6.07, 6.45) is 2.81. The summed E-state index contributed by atoms with van der Waals surface area (Å²) in [5.41, 5.74) is 3.60. The van der Waals surface area contributed by atoms with Crippen molar-refractivity contribution in [3.05, 3.63) is 78.9 Å². The number of hydrogen-bond acceptors (Lipinski definition) is 2. The van der Waals surface area contributed by atoms with Gasteiger partial charge in [-0.25, -0.2) is 4.98 Å². The molecule has 0 unspecified atom stereocenters. The van der Waals surface area contributed by atoms with Crippen molar-refractivity contribution in [2.75, 3.05) is 0 Å². The minimum atomic E-state index is 0.868. The molecule has 0 radical (unpaired) electrons. The molecule has 0 aliphatic rings. The molecule has 0 saturated heterocycles. The fourth-order valence-corrected chi connectivity index (χ4v) is 3.88. The van der Waals surface area contributed by atoms with Gasteiger partial charge in [-0.1, -0.05) is 60.7 Å². The van der Waals surface area contributed by atoms with E-state index in [1.54, 1.807) is 11.3 Å². The summed E-state index contributed by atoms with van der Waals surface area (Å²) in [6, 6.07) is 21.2. The van der Waals surface area contributed by atoms with Crippen LogP contribution in [0.5, 0.6) is 0 Å². The van der Waals surface area contributed by atoms with Crippen LogP contribution in [0.2, 0.25) is 0 Å². The number of nitrogens with zero attached hydrogens (tertiary/aromatic N) is 1. The molecule has 4 rings (SSSR count). The molecule has 0 fully saturated rings. The highest BCUT2D eigenvalue weighted by Gasteiger charge is 2.11. The summed E-state index contributed by atoms with van der Waals surface area (Å²) in [4.78, 5) is 4.94. The van der Waals surface area contributed by atoms with Gasteiger partial charge in [0.15, 0.2) is 0 Å². The van der Waals surface area contributed by atoms with Crippen molar-refractivity contribution < 1.29 is 0 Å². The summed E-state index contributed by atoms with van der Waals surface area (Å²) >= 11 is 1.76. The molecular formula is C20H15NS. The maximum atomic E-state index is 4.94. The zero-order valence-electron chi connectivity index (χ0n) is 12.1. The van der Waals surface area contributed by atoms with E-state index >= 15 is 0 Å². The zero-order chi connectivity index (χ0) is 14.9. The predicted molar refractivity (Wildman–Crippen MR) is 96.5 cm³/mol. The number of benzene rings is 3. The maximum absolute atomic E-state index is 4.94. The molecule has 1 aromatic heterocycles. The highest BCUT2D eigenvalue weighted by molar-refractivity contribution is 7.21. The van der Waals surface area contributed by atoms with Crippen LogP contribution in [0.25, 0.3) is 31.6 Å². The van der Waals surface area contributed by atoms with Gasteiger partial charge in [-0.15, -0.1) is 17.9 Å². The number of hydrogen-bond donors (Lipinski definition) is 0. The Balaban J connectivity index is 1.97. The lowest BCUT2D eigenvalue weighted by molar-refractivity contribution is 1.27. The van der Waals surface area contributed by atoms with Crippen molar-refractivity contribution in [2.45, 2.75) is 6.42 Å². The molecule has 22 heavy (non-hydrogen) atoms. The van der Waals surface area contributed by atoms with Crippen molar-refractivity contribution in [1.82, 2.24) is 4.98 Å². The lowest BCUT2D eigenvalue weighted by Gasteiger charge is -2.03. The Hall–Kier alpha value is -2.45. The van der Waals surface area contributed by atoms with Crippen molar-refractivity contribution in [3.8, 4) is 10.6 Å². The van der Waals surface area contributed by atoms with Gasteiger partial charge in [0.2, 0.25) is 0 Å². The molecular weight excluding hydrogens is 286 g/mol. The van der Waals surface area contributed by atoms with Crippen LogP contribution < -0.4 is 0 Å². The standard InChI is InChI=1S/C20H15NS/c1-2-7-14-8-4-6-11-17(14)20-21-19-16-10-5-3-9-15(16)12-13-18(19)22-20/h2-6,8-13H,1,7H2. The normalized spacial score (nSPS) is 11.1. The second kappa shape index (κ2) is 5.39. The second-order valence-corrected chi connectivity index (χ2v) is 6.33. The van der Waals surface area contributed by atoms with E-state index in [9.17, 15) is 0 Å². The molecule has 1 nitrogen and oxygen atoms in total. The molecule has 2 heteroatoms. The van der Waals surface area contributed by atoms with Crippen LogP contribution in [0.4, 0.5) is 0 Å². The first kappa shape index (κ1) is 13.2.